The number of hydrogen-bond acceptors (Lipinski definition) is 6. The van der Waals surface area contributed by atoms with Gasteiger partial charge in [0.05, 0.1) is 17.2 Å². The van der Waals surface area contributed by atoms with Crippen LogP contribution in [0, 0.1) is 6.92 Å². The van der Waals surface area contributed by atoms with Crippen molar-refractivity contribution in [1.29, 1.82) is 0 Å². The van der Waals surface area contributed by atoms with Crippen molar-refractivity contribution in [3.05, 3.63) is 105 Å². The maximum absolute atomic E-state index is 13.5. The molecule has 37 heavy (non-hydrogen) atoms. The highest BCUT2D eigenvalue weighted by Gasteiger charge is 2.34. The van der Waals surface area contributed by atoms with Crippen LogP contribution in [0.15, 0.2) is 88.8 Å². The van der Waals surface area contributed by atoms with E-state index in [9.17, 15) is 4.79 Å². The van der Waals surface area contributed by atoms with Crippen molar-refractivity contribution in [2.45, 2.75) is 26.5 Å². The molecule has 0 aliphatic carbocycles. The second-order valence-corrected chi connectivity index (χ2v) is 9.58. The molecule has 0 fully saturated rings. The van der Waals surface area contributed by atoms with Crippen molar-refractivity contribution >= 4 is 33.5 Å². The molecule has 1 aliphatic heterocycles. The molecular formula is C28H26BrN5O3. The Morgan fingerprint density at radius 1 is 1.11 bits per heavy atom. The lowest BCUT2D eigenvalue weighted by Crippen LogP contribution is -2.31. The maximum atomic E-state index is 13.5. The zero-order valence-electron chi connectivity index (χ0n) is 20.7. The minimum Gasteiger partial charge on any atom is -0.493 e. The Labute approximate surface area is 223 Å². The molecule has 8 nitrogen and oxygen atoms in total. The van der Waals surface area contributed by atoms with Crippen molar-refractivity contribution in [2.24, 2.45) is 0 Å². The fourth-order valence-electron chi connectivity index (χ4n) is 4.29. The minimum absolute atomic E-state index is 0.239. The highest BCUT2D eigenvalue weighted by Crippen LogP contribution is 2.43. The third-order valence-electron chi connectivity index (χ3n) is 6.14. The fourth-order valence-corrected chi connectivity index (χ4v) is 4.86. The summed E-state index contributed by atoms with van der Waals surface area (Å²) in [7, 11) is 1.59. The van der Waals surface area contributed by atoms with E-state index in [1.807, 2.05) is 61.5 Å². The van der Waals surface area contributed by atoms with E-state index in [0.29, 0.717) is 45.5 Å². The first-order chi connectivity index (χ1) is 17.9. The van der Waals surface area contributed by atoms with Crippen LogP contribution in [0.2, 0.25) is 0 Å². The first-order valence-electron chi connectivity index (χ1n) is 11.7. The summed E-state index contributed by atoms with van der Waals surface area (Å²) in [6, 6.07) is 20.8. The van der Waals surface area contributed by atoms with Crippen molar-refractivity contribution in [2.75, 3.05) is 17.7 Å². The summed E-state index contributed by atoms with van der Waals surface area (Å²) < 4.78 is 14.3. The van der Waals surface area contributed by atoms with Gasteiger partial charge in [-0.05, 0) is 65.2 Å². The molecule has 0 spiro atoms. The molecule has 0 bridgehead atoms. The number of benzene rings is 3. The highest BCUT2D eigenvalue weighted by molar-refractivity contribution is 9.10. The fraction of sp³-hybridized carbons (Fsp3) is 0.179. The van der Waals surface area contributed by atoms with E-state index in [4.69, 9.17) is 9.47 Å². The number of aromatic nitrogens is 3. The van der Waals surface area contributed by atoms with Crippen LogP contribution in [0.1, 0.15) is 29.7 Å². The number of para-hydroxylation sites is 1. The Hall–Kier alpha value is -4.11. The Morgan fingerprint density at radius 3 is 2.59 bits per heavy atom. The molecule has 9 heteroatoms. The minimum atomic E-state index is -0.543. The number of carbonyl (C=O) groups is 1. The first-order valence-corrected chi connectivity index (χ1v) is 12.5. The quantitative estimate of drug-likeness (QED) is 0.294. The van der Waals surface area contributed by atoms with Crippen molar-refractivity contribution < 1.29 is 14.3 Å². The summed E-state index contributed by atoms with van der Waals surface area (Å²) >= 11 is 3.66. The predicted octanol–water partition coefficient (Wildman–Crippen LogP) is 5.86. The Morgan fingerprint density at radius 2 is 1.86 bits per heavy atom. The monoisotopic (exact) mass is 559 g/mol. The molecule has 0 saturated carbocycles. The maximum Gasteiger partial charge on any atom is 0.255 e. The summed E-state index contributed by atoms with van der Waals surface area (Å²) in [5, 5.41) is 10.6. The molecule has 2 N–H and O–H groups in total. The highest BCUT2D eigenvalue weighted by atomic mass is 79.9. The van der Waals surface area contributed by atoms with Gasteiger partial charge in [0, 0.05) is 11.4 Å². The summed E-state index contributed by atoms with van der Waals surface area (Å²) in [6.45, 7) is 4.30. The molecule has 2 heterocycles. The van der Waals surface area contributed by atoms with Crippen LogP contribution in [-0.4, -0.2) is 27.8 Å². The molecule has 1 atom stereocenters. The zero-order valence-corrected chi connectivity index (χ0v) is 22.2. The van der Waals surface area contributed by atoms with E-state index in [0.717, 1.165) is 11.1 Å². The number of fused-ring (bicyclic) bond motifs is 1. The van der Waals surface area contributed by atoms with Crippen LogP contribution in [0.5, 0.6) is 11.5 Å². The third-order valence-corrected chi connectivity index (χ3v) is 6.73. The van der Waals surface area contributed by atoms with Crippen LogP contribution in [0.3, 0.4) is 0 Å². The lowest BCUT2D eigenvalue weighted by atomic mass is 9.94. The van der Waals surface area contributed by atoms with Gasteiger partial charge in [0.1, 0.15) is 19.0 Å². The molecule has 3 aromatic carbocycles. The number of hydrogen-bond donors (Lipinski definition) is 2. The van der Waals surface area contributed by atoms with E-state index in [-0.39, 0.29) is 5.91 Å². The number of aryl methyl sites for hydroxylation is 1. The van der Waals surface area contributed by atoms with Gasteiger partial charge in [-0.1, -0.05) is 48.0 Å². The number of nitrogens with zero attached hydrogens (tertiary/aromatic N) is 3. The molecule has 0 radical (unpaired) electrons. The van der Waals surface area contributed by atoms with E-state index in [1.165, 1.54) is 11.9 Å². The van der Waals surface area contributed by atoms with Gasteiger partial charge in [0.25, 0.3) is 5.91 Å². The average molecular weight is 560 g/mol. The summed E-state index contributed by atoms with van der Waals surface area (Å²) in [4.78, 5) is 17.9. The Kier molecular flexibility index (Phi) is 6.96. The molecule has 1 amide bonds. The number of nitrogens with one attached hydrogen (secondary N) is 2. The van der Waals surface area contributed by atoms with Crippen LogP contribution < -0.4 is 20.1 Å². The number of amides is 1. The topological polar surface area (TPSA) is 90.3 Å². The number of carbonyl (C=O) groups excluding carboxylic acids is 1. The van der Waals surface area contributed by atoms with Gasteiger partial charge in [0.2, 0.25) is 5.95 Å². The van der Waals surface area contributed by atoms with Gasteiger partial charge >= 0.3 is 0 Å². The number of halogens is 1. The lowest BCUT2D eigenvalue weighted by Gasteiger charge is -2.29. The van der Waals surface area contributed by atoms with Gasteiger partial charge in [-0.2, -0.15) is 10.1 Å². The number of ether oxygens (including phenoxy) is 2. The van der Waals surface area contributed by atoms with Crippen molar-refractivity contribution in [3.8, 4) is 11.5 Å². The normalized spacial score (nSPS) is 14.5. The third kappa shape index (κ3) is 5.08. The van der Waals surface area contributed by atoms with Crippen LogP contribution in [-0.2, 0) is 11.4 Å². The van der Waals surface area contributed by atoms with Gasteiger partial charge < -0.3 is 20.1 Å². The summed E-state index contributed by atoms with van der Waals surface area (Å²) in [5.41, 5.74) is 4.94. The molecule has 0 saturated heterocycles. The molecule has 5 rings (SSSR count). The Bertz CT molecular complexity index is 1470. The molecular weight excluding hydrogens is 534 g/mol. The van der Waals surface area contributed by atoms with Crippen molar-refractivity contribution in [1.82, 2.24) is 14.8 Å². The van der Waals surface area contributed by atoms with E-state index in [2.05, 4.69) is 55.7 Å². The summed E-state index contributed by atoms with van der Waals surface area (Å²) in [5.74, 6) is 1.43. The van der Waals surface area contributed by atoms with Gasteiger partial charge in [0.15, 0.2) is 11.5 Å². The smallest absolute Gasteiger partial charge is 0.255 e. The van der Waals surface area contributed by atoms with Crippen LogP contribution in [0.25, 0.3) is 0 Å². The Balaban J connectivity index is 1.51. The number of allylic oxidation sites excluding steroid dienone is 1. The molecule has 1 aliphatic rings. The second kappa shape index (κ2) is 10.5. The summed E-state index contributed by atoms with van der Waals surface area (Å²) in [6.07, 6.45) is 1.46. The van der Waals surface area contributed by atoms with E-state index < -0.39 is 6.04 Å². The van der Waals surface area contributed by atoms with E-state index >= 15 is 0 Å². The number of methoxy groups -OCH3 is 1. The van der Waals surface area contributed by atoms with Crippen molar-refractivity contribution in [3.63, 3.8) is 0 Å². The van der Waals surface area contributed by atoms with Crippen LogP contribution >= 0.6 is 15.9 Å². The molecule has 188 valence electrons. The largest absolute Gasteiger partial charge is 0.493 e. The van der Waals surface area contributed by atoms with Crippen LogP contribution in [0.4, 0.5) is 11.6 Å². The lowest BCUT2D eigenvalue weighted by molar-refractivity contribution is -0.113. The average Bonchev–Trinajstić information content (AvgIpc) is 3.36. The van der Waals surface area contributed by atoms with Gasteiger partial charge in [-0.3, -0.25) is 4.79 Å². The molecule has 0 unspecified atom stereocenters. The predicted molar refractivity (Wildman–Crippen MR) is 146 cm³/mol. The number of rotatable bonds is 7. The first kappa shape index (κ1) is 24.6. The van der Waals surface area contributed by atoms with Gasteiger partial charge in [-0.25, -0.2) is 4.68 Å². The second-order valence-electron chi connectivity index (χ2n) is 8.72. The molecule has 4 aromatic rings. The molecule has 1 aromatic heterocycles. The zero-order chi connectivity index (χ0) is 25.9. The number of anilines is 2. The SMILES string of the molecule is COc1cc([C@@H]2C(C(=O)Nc3ccccc3)=C(C)Nc3ncnn32)cc(Br)c1OCc1ccc(C)cc1. The standard InChI is InChI=1S/C28H26BrN5O3/c1-17-9-11-19(12-10-17)15-37-26-22(29)13-20(14-23(26)36-3)25-24(18(2)32-28-30-16-31-34(25)28)27(35)33-21-7-5-4-6-8-21/h4-14,16,25H,15H2,1-3H3,(H,33,35)(H,30,31,32)/t25-/m1/s1. The van der Waals surface area contributed by atoms with Gasteiger partial charge in [-0.15, -0.1) is 0 Å². The van der Waals surface area contributed by atoms with E-state index in [1.54, 1.807) is 11.8 Å².